The van der Waals surface area contributed by atoms with Gasteiger partial charge in [0, 0.05) is 31.9 Å². The van der Waals surface area contributed by atoms with Gasteiger partial charge < -0.3 is 19.5 Å². The summed E-state index contributed by atoms with van der Waals surface area (Å²) in [4.78, 5) is 16.7. The monoisotopic (exact) mass is 406 g/mol. The molecule has 0 aliphatic carbocycles. The van der Waals surface area contributed by atoms with Gasteiger partial charge in [-0.3, -0.25) is 9.78 Å². The molecular formula is C24H26N2O4. The van der Waals surface area contributed by atoms with Crippen molar-refractivity contribution < 1.29 is 19.0 Å². The molecule has 1 N–H and O–H groups in total. The van der Waals surface area contributed by atoms with Gasteiger partial charge in [0.2, 0.25) is 0 Å². The van der Waals surface area contributed by atoms with E-state index in [4.69, 9.17) is 14.2 Å². The van der Waals surface area contributed by atoms with E-state index in [1.807, 2.05) is 37.3 Å². The molecule has 0 saturated heterocycles. The van der Waals surface area contributed by atoms with Gasteiger partial charge in [0.15, 0.2) is 0 Å². The molecule has 0 unspecified atom stereocenters. The van der Waals surface area contributed by atoms with Crippen molar-refractivity contribution in [3.63, 3.8) is 0 Å². The van der Waals surface area contributed by atoms with E-state index in [1.54, 1.807) is 43.8 Å². The third-order valence-electron chi connectivity index (χ3n) is 4.40. The van der Waals surface area contributed by atoms with Crippen molar-refractivity contribution in [2.45, 2.75) is 20.0 Å². The zero-order chi connectivity index (χ0) is 21.2. The number of carbonyl (C=O) groups excluding carboxylic acids is 1. The fourth-order valence-electron chi connectivity index (χ4n) is 2.92. The van der Waals surface area contributed by atoms with Crippen LogP contribution in [-0.4, -0.2) is 31.2 Å². The predicted octanol–water partition coefficient (Wildman–Crippen LogP) is 4.64. The lowest BCUT2D eigenvalue weighted by Crippen LogP contribution is -2.14. The first-order valence-electron chi connectivity index (χ1n) is 9.82. The average molecular weight is 406 g/mol. The number of nitrogens with one attached hydrogen (secondary N) is 1. The highest BCUT2D eigenvalue weighted by Crippen LogP contribution is 2.25. The lowest BCUT2D eigenvalue weighted by Gasteiger charge is -2.15. The molecule has 0 saturated carbocycles. The highest BCUT2D eigenvalue weighted by Gasteiger charge is 2.14. The van der Waals surface area contributed by atoms with Gasteiger partial charge in [-0.15, -0.1) is 0 Å². The number of carbonyl (C=O) groups is 1. The molecular weight excluding hydrogens is 380 g/mol. The number of aromatic nitrogens is 1. The van der Waals surface area contributed by atoms with Gasteiger partial charge in [-0.1, -0.05) is 23.8 Å². The van der Waals surface area contributed by atoms with Crippen molar-refractivity contribution in [3.8, 4) is 11.5 Å². The Kier molecular flexibility index (Phi) is 7.80. The summed E-state index contributed by atoms with van der Waals surface area (Å²) in [5.41, 5.74) is 3.12. The fourth-order valence-corrected chi connectivity index (χ4v) is 2.92. The maximum Gasteiger partial charge on any atom is 0.259 e. The molecule has 0 aliphatic rings. The highest BCUT2D eigenvalue weighted by atomic mass is 16.5. The molecule has 30 heavy (non-hydrogen) atoms. The van der Waals surface area contributed by atoms with Crippen LogP contribution >= 0.6 is 0 Å². The molecule has 1 amide bonds. The number of hydrogen-bond donors (Lipinski definition) is 1. The maximum atomic E-state index is 12.7. The zero-order valence-electron chi connectivity index (χ0n) is 17.3. The standard InChI is InChI=1S/C24H26N2O4/c1-18-10-11-22(29-14-6-13-28-2)19(15-18)17-30-23-9-4-3-8-21(23)24(27)26-20-7-5-12-25-16-20/h3-5,7-12,15-16H,6,13-14,17H2,1-2H3,(H,26,27). The van der Waals surface area contributed by atoms with E-state index in [1.165, 1.54) is 0 Å². The second kappa shape index (κ2) is 11.0. The number of nitrogens with zero attached hydrogens (tertiary/aromatic N) is 1. The Morgan fingerprint density at radius 1 is 1.00 bits per heavy atom. The number of pyridine rings is 1. The first-order chi connectivity index (χ1) is 14.7. The summed E-state index contributed by atoms with van der Waals surface area (Å²) in [5.74, 6) is 1.03. The Hall–Kier alpha value is -3.38. The van der Waals surface area contributed by atoms with Crippen LogP contribution in [0.4, 0.5) is 5.69 Å². The first kappa shape index (κ1) is 21.3. The zero-order valence-corrected chi connectivity index (χ0v) is 17.3. The molecule has 0 atom stereocenters. The van der Waals surface area contributed by atoms with Crippen LogP contribution in [0.2, 0.25) is 0 Å². The van der Waals surface area contributed by atoms with Gasteiger partial charge in [0.1, 0.15) is 18.1 Å². The van der Waals surface area contributed by atoms with Crippen molar-refractivity contribution in [2.24, 2.45) is 0 Å². The Bertz CT molecular complexity index is 960. The van der Waals surface area contributed by atoms with E-state index in [-0.39, 0.29) is 5.91 Å². The molecule has 0 aliphatic heterocycles. The Balaban J connectivity index is 1.70. The summed E-state index contributed by atoms with van der Waals surface area (Å²) >= 11 is 0. The summed E-state index contributed by atoms with van der Waals surface area (Å²) in [7, 11) is 1.67. The van der Waals surface area contributed by atoms with Crippen LogP contribution in [0.3, 0.4) is 0 Å². The minimum Gasteiger partial charge on any atom is -0.493 e. The molecule has 156 valence electrons. The largest absolute Gasteiger partial charge is 0.493 e. The topological polar surface area (TPSA) is 69.7 Å². The van der Waals surface area contributed by atoms with Crippen molar-refractivity contribution in [3.05, 3.63) is 83.7 Å². The summed E-state index contributed by atoms with van der Waals surface area (Å²) in [5, 5.41) is 2.84. The lowest BCUT2D eigenvalue weighted by molar-refractivity contribution is 0.102. The van der Waals surface area contributed by atoms with Crippen LogP contribution in [0.1, 0.15) is 27.9 Å². The number of hydrogen-bond acceptors (Lipinski definition) is 5. The summed E-state index contributed by atoms with van der Waals surface area (Å²) in [6.45, 7) is 3.52. The molecule has 6 nitrogen and oxygen atoms in total. The van der Waals surface area contributed by atoms with Crippen molar-refractivity contribution in [2.75, 3.05) is 25.6 Å². The van der Waals surface area contributed by atoms with Crippen molar-refractivity contribution >= 4 is 11.6 Å². The van der Waals surface area contributed by atoms with Gasteiger partial charge in [-0.2, -0.15) is 0 Å². The molecule has 0 radical (unpaired) electrons. The molecule has 1 heterocycles. The number of amides is 1. The molecule has 0 fully saturated rings. The number of anilines is 1. The van der Waals surface area contributed by atoms with E-state index in [2.05, 4.69) is 10.3 Å². The first-order valence-corrected chi connectivity index (χ1v) is 9.82. The predicted molar refractivity (Wildman–Crippen MR) is 116 cm³/mol. The number of aryl methyl sites for hydroxylation is 1. The highest BCUT2D eigenvalue weighted by molar-refractivity contribution is 6.06. The maximum absolute atomic E-state index is 12.7. The minimum absolute atomic E-state index is 0.251. The smallest absolute Gasteiger partial charge is 0.259 e. The molecule has 1 aromatic heterocycles. The summed E-state index contributed by atoms with van der Waals surface area (Å²) < 4.78 is 17.0. The van der Waals surface area contributed by atoms with Crippen LogP contribution in [0.15, 0.2) is 67.0 Å². The molecule has 3 aromatic rings. The van der Waals surface area contributed by atoms with E-state index >= 15 is 0 Å². The normalized spacial score (nSPS) is 10.5. The van der Waals surface area contributed by atoms with Crippen LogP contribution in [-0.2, 0) is 11.3 Å². The van der Waals surface area contributed by atoms with Crippen molar-refractivity contribution in [1.82, 2.24) is 4.98 Å². The molecule has 0 spiro atoms. The molecule has 3 rings (SSSR count). The average Bonchev–Trinajstić information content (AvgIpc) is 2.77. The SMILES string of the molecule is COCCCOc1ccc(C)cc1COc1ccccc1C(=O)Nc1cccnc1. The summed E-state index contributed by atoms with van der Waals surface area (Å²) in [6.07, 6.45) is 4.06. The van der Waals surface area contributed by atoms with Gasteiger partial charge in [0.05, 0.1) is 24.1 Å². The Morgan fingerprint density at radius 2 is 1.87 bits per heavy atom. The van der Waals surface area contributed by atoms with Crippen LogP contribution < -0.4 is 14.8 Å². The Labute approximate surface area is 176 Å². The number of benzene rings is 2. The second-order valence-electron chi connectivity index (χ2n) is 6.79. The van der Waals surface area contributed by atoms with E-state index in [0.29, 0.717) is 36.8 Å². The van der Waals surface area contributed by atoms with E-state index in [9.17, 15) is 4.79 Å². The molecule has 0 bridgehead atoms. The molecule has 2 aromatic carbocycles. The number of para-hydroxylation sites is 1. The third kappa shape index (κ3) is 6.06. The fraction of sp³-hybridized carbons (Fsp3) is 0.250. The lowest BCUT2D eigenvalue weighted by atomic mass is 10.1. The van der Waals surface area contributed by atoms with Gasteiger partial charge in [0.25, 0.3) is 5.91 Å². The number of methoxy groups -OCH3 is 1. The van der Waals surface area contributed by atoms with Crippen LogP contribution in [0.5, 0.6) is 11.5 Å². The minimum atomic E-state index is -0.251. The Morgan fingerprint density at radius 3 is 2.67 bits per heavy atom. The van der Waals surface area contributed by atoms with E-state index in [0.717, 1.165) is 23.3 Å². The van der Waals surface area contributed by atoms with Crippen LogP contribution in [0, 0.1) is 6.92 Å². The van der Waals surface area contributed by atoms with E-state index < -0.39 is 0 Å². The molecule has 6 heteroatoms. The van der Waals surface area contributed by atoms with Gasteiger partial charge in [-0.05, 0) is 43.3 Å². The quantitative estimate of drug-likeness (QED) is 0.497. The third-order valence-corrected chi connectivity index (χ3v) is 4.40. The van der Waals surface area contributed by atoms with Gasteiger partial charge >= 0.3 is 0 Å². The second-order valence-corrected chi connectivity index (χ2v) is 6.79. The van der Waals surface area contributed by atoms with Crippen LogP contribution in [0.25, 0.3) is 0 Å². The number of rotatable bonds is 10. The van der Waals surface area contributed by atoms with Gasteiger partial charge in [-0.25, -0.2) is 0 Å². The van der Waals surface area contributed by atoms with Crippen molar-refractivity contribution in [1.29, 1.82) is 0 Å². The summed E-state index contributed by atoms with van der Waals surface area (Å²) in [6, 6.07) is 16.7. The number of ether oxygens (including phenoxy) is 3.